The third-order valence-electron chi connectivity index (χ3n) is 3.43. The fourth-order valence-electron chi connectivity index (χ4n) is 2.43. The van der Waals surface area contributed by atoms with Crippen LogP contribution in [0.3, 0.4) is 0 Å². The van der Waals surface area contributed by atoms with Crippen molar-refractivity contribution in [3.63, 3.8) is 0 Å². The van der Waals surface area contributed by atoms with E-state index in [4.69, 9.17) is 19.9 Å². The lowest BCUT2D eigenvalue weighted by atomic mass is 10.1. The van der Waals surface area contributed by atoms with Crippen molar-refractivity contribution >= 4 is 5.69 Å². The zero-order valence-corrected chi connectivity index (χ0v) is 11.6. The monoisotopic (exact) mass is 266 g/mol. The second-order valence-corrected chi connectivity index (χ2v) is 4.54. The first-order valence-electron chi connectivity index (χ1n) is 6.56. The maximum absolute atomic E-state index is 5.67. The van der Waals surface area contributed by atoms with Crippen molar-refractivity contribution in [2.45, 2.75) is 12.5 Å². The molecule has 1 aromatic carbocycles. The van der Waals surface area contributed by atoms with E-state index in [0.717, 1.165) is 43.4 Å². The molecule has 1 aliphatic heterocycles. The lowest BCUT2D eigenvalue weighted by molar-refractivity contribution is 0.0922. The average molecular weight is 266 g/mol. The van der Waals surface area contributed by atoms with Gasteiger partial charge in [-0.2, -0.15) is 0 Å². The summed E-state index contributed by atoms with van der Waals surface area (Å²) in [5, 5.41) is 0. The third kappa shape index (κ3) is 3.11. The van der Waals surface area contributed by atoms with Crippen molar-refractivity contribution in [2.24, 2.45) is 5.73 Å². The number of nitrogens with two attached hydrogens (primary N) is 1. The summed E-state index contributed by atoms with van der Waals surface area (Å²) in [6.07, 6.45) is 0.925. The first-order chi connectivity index (χ1) is 9.30. The van der Waals surface area contributed by atoms with Crippen molar-refractivity contribution in [3.8, 4) is 11.5 Å². The maximum Gasteiger partial charge on any atom is 0.162 e. The smallest absolute Gasteiger partial charge is 0.162 e. The number of benzene rings is 1. The van der Waals surface area contributed by atoms with E-state index in [1.165, 1.54) is 0 Å². The van der Waals surface area contributed by atoms with Gasteiger partial charge < -0.3 is 24.8 Å². The van der Waals surface area contributed by atoms with Crippen molar-refractivity contribution in [2.75, 3.05) is 45.4 Å². The summed E-state index contributed by atoms with van der Waals surface area (Å²) < 4.78 is 16.2. The molecule has 0 spiro atoms. The molecule has 1 saturated heterocycles. The number of rotatable bonds is 5. The molecule has 5 nitrogen and oxygen atoms in total. The van der Waals surface area contributed by atoms with Gasteiger partial charge in [0.25, 0.3) is 0 Å². The summed E-state index contributed by atoms with van der Waals surface area (Å²) in [7, 11) is 3.29. The van der Waals surface area contributed by atoms with Gasteiger partial charge in [-0.3, -0.25) is 0 Å². The molecule has 2 rings (SSSR count). The Balaban J connectivity index is 2.23. The molecule has 1 unspecified atom stereocenters. The Hall–Kier alpha value is -1.46. The minimum atomic E-state index is 0.330. The number of nitrogens with zero attached hydrogens (tertiary/aromatic N) is 1. The summed E-state index contributed by atoms with van der Waals surface area (Å²) in [6.45, 7) is 3.01. The molecule has 19 heavy (non-hydrogen) atoms. The van der Waals surface area contributed by atoms with Crippen molar-refractivity contribution in [1.29, 1.82) is 0 Å². The van der Waals surface area contributed by atoms with E-state index in [1.54, 1.807) is 14.2 Å². The first-order valence-corrected chi connectivity index (χ1v) is 6.56. The Morgan fingerprint density at radius 2 is 2.11 bits per heavy atom. The summed E-state index contributed by atoms with van der Waals surface area (Å²) in [4.78, 5) is 2.33. The number of anilines is 1. The molecule has 1 aromatic rings. The molecule has 0 aliphatic carbocycles. The lowest BCUT2D eigenvalue weighted by Gasteiger charge is -2.37. The molecule has 1 aliphatic rings. The van der Waals surface area contributed by atoms with Gasteiger partial charge in [0.15, 0.2) is 11.5 Å². The van der Waals surface area contributed by atoms with Gasteiger partial charge >= 0.3 is 0 Å². The molecule has 2 N–H and O–H groups in total. The van der Waals surface area contributed by atoms with E-state index in [2.05, 4.69) is 11.0 Å². The van der Waals surface area contributed by atoms with Crippen LogP contribution in [0, 0.1) is 0 Å². The van der Waals surface area contributed by atoms with Crippen molar-refractivity contribution < 1.29 is 14.2 Å². The predicted molar refractivity (Wildman–Crippen MR) is 75.2 cm³/mol. The van der Waals surface area contributed by atoms with E-state index in [-0.39, 0.29) is 0 Å². The summed E-state index contributed by atoms with van der Waals surface area (Å²) in [5.74, 6) is 1.49. The Labute approximate surface area is 114 Å². The topological polar surface area (TPSA) is 57.0 Å². The summed E-state index contributed by atoms with van der Waals surface area (Å²) in [6, 6.07) is 6.32. The van der Waals surface area contributed by atoms with Gasteiger partial charge in [0, 0.05) is 18.3 Å². The van der Waals surface area contributed by atoms with E-state index in [1.807, 2.05) is 12.1 Å². The molecule has 1 heterocycles. The number of morpholine rings is 1. The van der Waals surface area contributed by atoms with Crippen LogP contribution in [0.15, 0.2) is 18.2 Å². The van der Waals surface area contributed by atoms with Crippen LogP contribution in [-0.4, -0.2) is 46.6 Å². The molecule has 106 valence electrons. The minimum absolute atomic E-state index is 0.330. The van der Waals surface area contributed by atoms with Crippen LogP contribution in [0.1, 0.15) is 6.42 Å². The molecule has 1 fully saturated rings. The highest BCUT2D eigenvalue weighted by Gasteiger charge is 2.23. The van der Waals surface area contributed by atoms with Gasteiger partial charge in [-0.1, -0.05) is 0 Å². The van der Waals surface area contributed by atoms with Crippen molar-refractivity contribution in [1.82, 2.24) is 0 Å². The average Bonchev–Trinajstić information content (AvgIpc) is 2.47. The Morgan fingerprint density at radius 1 is 1.32 bits per heavy atom. The predicted octanol–water partition coefficient (Wildman–Crippen LogP) is 1.26. The van der Waals surface area contributed by atoms with Crippen LogP contribution in [0.25, 0.3) is 0 Å². The Morgan fingerprint density at radius 3 is 2.79 bits per heavy atom. The van der Waals surface area contributed by atoms with Gasteiger partial charge in [-0.15, -0.1) is 0 Å². The number of hydrogen-bond acceptors (Lipinski definition) is 5. The highest BCUT2D eigenvalue weighted by atomic mass is 16.5. The normalized spacial score (nSPS) is 19.3. The van der Waals surface area contributed by atoms with Gasteiger partial charge in [-0.25, -0.2) is 0 Å². The largest absolute Gasteiger partial charge is 0.493 e. The molecule has 0 amide bonds. The van der Waals surface area contributed by atoms with E-state index >= 15 is 0 Å². The molecule has 0 aromatic heterocycles. The van der Waals surface area contributed by atoms with Crippen molar-refractivity contribution in [3.05, 3.63) is 18.2 Å². The van der Waals surface area contributed by atoms with Gasteiger partial charge in [-0.05, 0) is 25.1 Å². The fraction of sp³-hybridized carbons (Fsp3) is 0.571. The zero-order chi connectivity index (χ0) is 13.7. The second-order valence-electron chi connectivity index (χ2n) is 4.54. The van der Waals surface area contributed by atoms with Crippen LogP contribution in [0.5, 0.6) is 11.5 Å². The molecule has 0 radical (unpaired) electrons. The maximum atomic E-state index is 5.67. The van der Waals surface area contributed by atoms with Crippen LogP contribution in [0.2, 0.25) is 0 Å². The molecule has 0 saturated carbocycles. The molecular weight excluding hydrogens is 244 g/mol. The number of methoxy groups -OCH3 is 2. The highest BCUT2D eigenvalue weighted by molar-refractivity contribution is 5.57. The van der Waals surface area contributed by atoms with Gasteiger partial charge in [0.1, 0.15) is 0 Å². The van der Waals surface area contributed by atoms with E-state index in [0.29, 0.717) is 12.6 Å². The molecule has 5 heteroatoms. The fourth-order valence-corrected chi connectivity index (χ4v) is 2.43. The molecular formula is C14H22N2O3. The summed E-state index contributed by atoms with van der Waals surface area (Å²) in [5.41, 5.74) is 6.80. The quantitative estimate of drug-likeness (QED) is 0.869. The SMILES string of the molecule is COc1ccc(N2CCOCC2CCN)cc1OC. The highest BCUT2D eigenvalue weighted by Crippen LogP contribution is 2.33. The Kier molecular flexibility index (Phi) is 4.87. The van der Waals surface area contributed by atoms with Crippen LogP contribution < -0.4 is 20.1 Å². The number of ether oxygens (including phenoxy) is 3. The molecule has 0 bridgehead atoms. The van der Waals surface area contributed by atoms with Crippen LogP contribution in [0.4, 0.5) is 5.69 Å². The van der Waals surface area contributed by atoms with Crippen LogP contribution in [-0.2, 0) is 4.74 Å². The molecule has 1 atom stereocenters. The first kappa shape index (κ1) is 14.0. The van der Waals surface area contributed by atoms with Gasteiger partial charge in [0.05, 0.1) is 33.5 Å². The minimum Gasteiger partial charge on any atom is -0.493 e. The summed E-state index contributed by atoms with van der Waals surface area (Å²) >= 11 is 0. The van der Waals surface area contributed by atoms with Gasteiger partial charge in [0.2, 0.25) is 0 Å². The zero-order valence-electron chi connectivity index (χ0n) is 11.6. The van der Waals surface area contributed by atoms with E-state index in [9.17, 15) is 0 Å². The number of hydrogen-bond donors (Lipinski definition) is 1. The van der Waals surface area contributed by atoms with E-state index < -0.39 is 0 Å². The lowest BCUT2D eigenvalue weighted by Crippen LogP contribution is -2.46. The second kappa shape index (κ2) is 6.63. The van der Waals surface area contributed by atoms with Crippen LogP contribution >= 0.6 is 0 Å². The third-order valence-corrected chi connectivity index (χ3v) is 3.43. The standard InChI is InChI=1S/C14H22N2O3/c1-17-13-4-3-11(9-14(13)18-2)16-7-8-19-10-12(16)5-6-15/h3-4,9,12H,5-8,10,15H2,1-2H3. The Bertz CT molecular complexity index is 410.